The molecule has 0 fully saturated rings. The molecule has 0 bridgehead atoms. The van der Waals surface area contributed by atoms with E-state index < -0.39 is 0 Å². The van der Waals surface area contributed by atoms with Crippen LogP contribution in [-0.2, 0) is 0 Å². The van der Waals surface area contributed by atoms with E-state index in [1.165, 1.54) is 12.8 Å². The molecule has 17 heavy (non-hydrogen) atoms. The van der Waals surface area contributed by atoms with E-state index in [-0.39, 0.29) is 5.69 Å². The molecule has 0 aliphatic heterocycles. The van der Waals surface area contributed by atoms with Crippen LogP contribution in [0.15, 0.2) is 12.1 Å². The monoisotopic (exact) mass is 232 g/mol. The van der Waals surface area contributed by atoms with Crippen molar-refractivity contribution in [2.45, 2.75) is 33.1 Å². The molecule has 1 rings (SSSR count). The summed E-state index contributed by atoms with van der Waals surface area (Å²) in [5, 5.41) is 12.0. The maximum absolute atomic E-state index is 8.79. The Morgan fingerprint density at radius 2 is 2.18 bits per heavy atom. The maximum atomic E-state index is 8.79. The summed E-state index contributed by atoms with van der Waals surface area (Å²) in [6.07, 6.45) is 3.58. The number of aromatic nitrogens is 1. The molecular formula is C13H20N4. The lowest BCUT2D eigenvalue weighted by atomic mass is 10.1. The third-order valence-electron chi connectivity index (χ3n) is 2.55. The van der Waals surface area contributed by atoms with Crippen LogP contribution in [0.2, 0.25) is 0 Å². The van der Waals surface area contributed by atoms with E-state index in [9.17, 15) is 0 Å². The van der Waals surface area contributed by atoms with E-state index in [1.54, 1.807) is 12.1 Å². The number of anilines is 2. The van der Waals surface area contributed by atoms with Crippen molar-refractivity contribution in [2.24, 2.45) is 5.92 Å². The number of nitriles is 1. The fourth-order valence-electron chi connectivity index (χ4n) is 1.55. The molecule has 0 amide bonds. The third-order valence-corrected chi connectivity index (χ3v) is 2.55. The molecule has 0 saturated carbocycles. The Balaban J connectivity index is 2.35. The molecule has 92 valence electrons. The highest BCUT2D eigenvalue weighted by molar-refractivity contribution is 5.54. The number of nitrogens with two attached hydrogens (primary N) is 1. The molecule has 0 aromatic carbocycles. The number of pyridine rings is 1. The maximum Gasteiger partial charge on any atom is 0.165 e. The van der Waals surface area contributed by atoms with Gasteiger partial charge in [-0.3, -0.25) is 0 Å². The van der Waals surface area contributed by atoms with Crippen molar-refractivity contribution in [1.82, 2.24) is 4.98 Å². The first-order chi connectivity index (χ1) is 8.13. The van der Waals surface area contributed by atoms with Crippen molar-refractivity contribution >= 4 is 11.5 Å². The van der Waals surface area contributed by atoms with Crippen LogP contribution < -0.4 is 11.1 Å². The summed E-state index contributed by atoms with van der Waals surface area (Å²) < 4.78 is 0. The van der Waals surface area contributed by atoms with Gasteiger partial charge < -0.3 is 11.1 Å². The second-order valence-corrected chi connectivity index (χ2v) is 4.56. The predicted octanol–water partition coefficient (Wildman–Crippen LogP) is 2.77. The Kier molecular flexibility index (Phi) is 5.28. The Morgan fingerprint density at radius 1 is 1.41 bits per heavy atom. The summed E-state index contributed by atoms with van der Waals surface area (Å²) in [7, 11) is 0. The van der Waals surface area contributed by atoms with E-state index in [1.807, 2.05) is 6.07 Å². The van der Waals surface area contributed by atoms with Gasteiger partial charge in [0.25, 0.3) is 0 Å². The van der Waals surface area contributed by atoms with Crippen LogP contribution in [-0.4, -0.2) is 11.5 Å². The minimum Gasteiger partial charge on any atom is -0.396 e. The molecular weight excluding hydrogens is 212 g/mol. The minimum atomic E-state index is 0.289. The molecule has 1 aromatic heterocycles. The van der Waals surface area contributed by atoms with E-state index in [4.69, 9.17) is 11.0 Å². The molecule has 1 heterocycles. The highest BCUT2D eigenvalue weighted by Gasteiger charge is 2.01. The van der Waals surface area contributed by atoms with Crippen molar-refractivity contribution in [3.05, 3.63) is 17.8 Å². The van der Waals surface area contributed by atoms with Crippen LogP contribution in [0.1, 0.15) is 38.8 Å². The van der Waals surface area contributed by atoms with Crippen LogP contribution in [0, 0.1) is 17.2 Å². The molecule has 3 N–H and O–H groups in total. The van der Waals surface area contributed by atoms with Gasteiger partial charge in [-0.1, -0.05) is 26.7 Å². The first-order valence-corrected chi connectivity index (χ1v) is 6.04. The number of hydrogen-bond donors (Lipinski definition) is 2. The summed E-state index contributed by atoms with van der Waals surface area (Å²) in [6, 6.07) is 5.49. The van der Waals surface area contributed by atoms with Gasteiger partial charge in [-0.15, -0.1) is 0 Å². The quantitative estimate of drug-likeness (QED) is 0.739. The highest BCUT2D eigenvalue weighted by Crippen LogP contribution is 2.12. The van der Waals surface area contributed by atoms with Gasteiger partial charge in [0.15, 0.2) is 5.69 Å². The fourth-order valence-corrected chi connectivity index (χ4v) is 1.55. The average molecular weight is 232 g/mol. The number of hydrogen-bond acceptors (Lipinski definition) is 4. The van der Waals surface area contributed by atoms with Gasteiger partial charge in [0, 0.05) is 6.54 Å². The lowest BCUT2D eigenvalue weighted by Crippen LogP contribution is -2.05. The van der Waals surface area contributed by atoms with E-state index in [0.717, 1.165) is 24.7 Å². The lowest BCUT2D eigenvalue weighted by Gasteiger charge is -2.07. The molecule has 1 aromatic rings. The predicted molar refractivity (Wildman–Crippen MR) is 70.5 cm³/mol. The first kappa shape index (κ1) is 13.3. The molecule has 0 atom stereocenters. The minimum absolute atomic E-state index is 0.289. The molecule has 0 radical (unpaired) electrons. The van der Waals surface area contributed by atoms with Crippen LogP contribution >= 0.6 is 0 Å². The molecule has 0 saturated heterocycles. The van der Waals surface area contributed by atoms with Crippen molar-refractivity contribution < 1.29 is 0 Å². The number of nitrogen functional groups attached to an aromatic ring is 1. The summed E-state index contributed by atoms with van der Waals surface area (Å²) >= 11 is 0. The van der Waals surface area contributed by atoms with Crippen molar-refractivity contribution in [2.75, 3.05) is 17.6 Å². The average Bonchev–Trinajstić information content (AvgIpc) is 2.30. The Bertz CT molecular complexity index is 393. The molecule has 4 nitrogen and oxygen atoms in total. The summed E-state index contributed by atoms with van der Waals surface area (Å²) in [4.78, 5) is 4.13. The van der Waals surface area contributed by atoms with Crippen LogP contribution in [0.4, 0.5) is 11.5 Å². The first-order valence-electron chi connectivity index (χ1n) is 6.04. The van der Waals surface area contributed by atoms with Crippen molar-refractivity contribution in [3.8, 4) is 6.07 Å². The Hall–Kier alpha value is -1.76. The largest absolute Gasteiger partial charge is 0.396 e. The smallest absolute Gasteiger partial charge is 0.165 e. The summed E-state index contributed by atoms with van der Waals surface area (Å²) in [6.45, 7) is 5.34. The summed E-state index contributed by atoms with van der Waals surface area (Å²) in [5.74, 6) is 1.48. The van der Waals surface area contributed by atoms with Crippen molar-refractivity contribution in [3.63, 3.8) is 0 Å². The zero-order chi connectivity index (χ0) is 12.7. The Labute approximate surface area is 103 Å². The molecule has 0 spiro atoms. The van der Waals surface area contributed by atoms with Gasteiger partial charge in [-0.2, -0.15) is 5.26 Å². The van der Waals surface area contributed by atoms with Crippen molar-refractivity contribution in [1.29, 1.82) is 5.26 Å². The van der Waals surface area contributed by atoms with Crippen LogP contribution in [0.25, 0.3) is 0 Å². The molecule has 0 aliphatic rings. The molecule has 4 heteroatoms. The van der Waals surface area contributed by atoms with Gasteiger partial charge in [-0.05, 0) is 24.5 Å². The highest BCUT2D eigenvalue weighted by atomic mass is 15.0. The number of nitrogens with one attached hydrogen (secondary N) is 1. The van der Waals surface area contributed by atoms with Gasteiger partial charge in [-0.25, -0.2) is 4.98 Å². The standard InChI is InChI=1S/C13H20N4/c1-10(2)5-3-4-8-16-13-7-6-11(15)12(9-14)17-13/h6-7,10H,3-5,8,15H2,1-2H3,(H,16,17). The molecule has 0 aliphatic carbocycles. The number of rotatable bonds is 6. The topological polar surface area (TPSA) is 74.7 Å². The zero-order valence-corrected chi connectivity index (χ0v) is 10.5. The third kappa shape index (κ3) is 4.73. The van der Waals surface area contributed by atoms with Gasteiger partial charge in [0.1, 0.15) is 11.9 Å². The lowest BCUT2D eigenvalue weighted by molar-refractivity contribution is 0.544. The zero-order valence-electron chi connectivity index (χ0n) is 10.5. The van der Waals surface area contributed by atoms with E-state index in [2.05, 4.69) is 24.1 Å². The second-order valence-electron chi connectivity index (χ2n) is 4.56. The van der Waals surface area contributed by atoms with Crippen LogP contribution in [0.5, 0.6) is 0 Å². The van der Waals surface area contributed by atoms with E-state index in [0.29, 0.717) is 5.69 Å². The number of nitrogens with zero attached hydrogens (tertiary/aromatic N) is 2. The summed E-state index contributed by atoms with van der Waals surface area (Å²) in [5.41, 5.74) is 6.31. The Morgan fingerprint density at radius 3 is 2.82 bits per heavy atom. The second kappa shape index (κ2) is 6.74. The SMILES string of the molecule is CC(C)CCCCNc1ccc(N)c(C#N)n1. The van der Waals surface area contributed by atoms with Gasteiger partial charge in [0.05, 0.1) is 5.69 Å². The fraction of sp³-hybridized carbons (Fsp3) is 0.538. The number of unbranched alkanes of at least 4 members (excludes halogenated alkanes) is 1. The van der Waals surface area contributed by atoms with E-state index >= 15 is 0 Å². The van der Waals surface area contributed by atoms with Gasteiger partial charge in [0.2, 0.25) is 0 Å². The van der Waals surface area contributed by atoms with Crippen LogP contribution in [0.3, 0.4) is 0 Å². The normalized spacial score (nSPS) is 10.2. The molecule has 0 unspecified atom stereocenters. The van der Waals surface area contributed by atoms with Gasteiger partial charge >= 0.3 is 0 Å².